The van der Waals surface area contributed by atoms with Crippen molar-refractivity contribution in [3.8, 4) is 0 Å². The second-order valence-electron chi connectivity index (χ2n) is 17.8. The first-order chi connectivity index (χ1) is 32.0. The molecule has 0 N–H and O–H groups in total. The summed E-state index contributed by atoms with van der Waals surface area (Å²) in [6.07, 6.45) is 68.5. The van der Waals surface area contributed by atoms with Crippen molar-refractivity contribution in [1.82, 2.24) is 0 Å². The van der Waals surface area contributed by atoms with Crippen molar-refractivity contribution in [2.24, 2.45) is 0 Å². The molecule has 0 aromatic rings. The van der Waals surface area contributed by atoms with Gasteiger partial charge in [0, 0.05) is 19.3 Å². The van der Waals surface area contributed by atoms with Gasteiger partial charge in [-0.05, 0) is 96.3 Å². The zero-order valence-corrected chi connectivity index (χ0v) is 42.5. The van der Waals surface area contributed by atoms with E-state index in [1.54, 1.807) is 0 Å². The molecule has 0 rings (SSSR count). The monoisotopic (exact) mass is 905 g/mol. The van der Waals surface area contributed by atoms with Crippen LogP contribution in [0.15, 0.2) is 85.1 Å². The number of carbonyl (C=O) groups excluding carboxylic acids is 3. The van der Waals surface area contributed by atoms with Gasteiger partial charge in [0.05, 0.1) is 0 Å². The number of unbranched alkanes of at least 4 members (excludes halogenated alkanes) is 25. The number of hydrogen-bond donors (Lipinski definition) is 0. The summed E-state index contributed by atoms with van der Waals surface area (Å²) >= 11 is 0. The summed E-state index contributed by atoms with van der Waals surface area (Å²) in [6, 6.07) is 0. The van der Waals surface area contributed by atoms with E-state index in [1.807, 2.05) is 0 Å². The molecule has 0 aliphatic rings. The molecule has 0 radical (unpaired) electrons. The van der Waals surface area contributed by atoms with Crippen LogP contribution in [0.2, 0.25) is 0 Å². The Morgan fingerprint density at radius 2 is 0.677 bits per heavy atom. The Kier molecular flexibility index (Phi) is 50.4. The summed E-state index contributed by atoms with van der Waals surface area (Å²) in [7, 11) is 0. The summed E-state index contributed by atoms with van der Waals surface area (Å²) < 4.78 is 16.8. The zero-order valence-electron chi connectivity index (χ0n) is 42.5. The van der Waals surface area contributed by atoms with Gasteiger partial charge in [0.15, 0.2) is 6.10 Å². The lowest BCUT2D eigenvalue weighted by Gasteiger charge is -2.18. The van der Waals surface area contributed by atoms with Gasteiger partial charge >= 0.3 is 17.9 Å². The van der Waals surface area contributed by atoms with Crippen LogP contribution in [0, 0.1) is 0 Å². The van der Waals surface area contributed by atoms with Gasteiger partial charge in [-0.25, -0.2) is 0 Å². The molecule has 0 bridgehead atoms. The highest BCUT2D eigenvalue weighted by Crippen LogP contribution is 2.15. The molecule has 1 unspecified atom stereocenters. The van der Waals surface area contributed by atoms with Crippen LogP contribution in [-0.2, 0) is 28.6 Å². The Labute approximate surface area is 401 Å². The predicted molar refractivity (Wildman–Crippen MR) is 279 cm³/mol. The molecule has 372 valence electrons. The largest absolute Gasteiger partial charge is 0.462 e. The zero-order chi connectivity index (χ0) is 47.2. The van der Waals surface area contributed by atoms with E-state index in [0.717, 1.165) is 103 Å². The fourth-order valence-electron chi connectivity index (χ4n) is 7.39. The molecule has 0 heterocycles. The van der Waals surface area contributed by atoms with Gasteiger partial charge in [-0.2, -0.15) is 0 Å². The maximum atomic E-state index is 12.8. The average Bonchev–Trinajstić information content (AvgIpc) is 3.30. The highest BCUT2D eigenvalue weighted by atomic mass is 16.6. The smallest absolute Gasteiger partial charge is 0.306 e. The summed E-state index contributed by atoms with van der Waals surface area (Å²) in [5.74, 6) is -0.921. The minimum absolute atomic E-state index is 0.0892. The Bertz CT molecular complexity index is 1270. The van der Waals surface area contributed by atoms with E-state index >= 15 is 0 Å². The van der Waals surface area contributed by atoms with Crippen molar-refractivity contribution in [2.75, 3.05) is 13.2 Å². The first kappa shape index (κ1) is 61.6. The van der Waals surface area contributed by atoms with Crippen LogP contribution in [0.4, 0.5) is 0 Å². The second-order valence-corrected chi connectivity index (χ2v) is 17.8. The van der Waals surface area contributed by atoms with Crippen molar-refractivity contribution in [3.05, 3.63) is 85.1 Å². The van der Waals surface area contributed by atoms with Crippen LogP contribution in [-0.4, -0.2) is 37.2 Å². The fourth-order valence-corrected chi connectivity index (χ4v) is 7.39. The van der Waals surface area contributed by atoms with E-state index in [4.69, 9.17) is 14.2 Å². The van der Waals surface area contributed by atoms with Crippen molar-refractivity contribution in [2.45, 2.75) is 258 Å². The maximum Gasteiger partial charge on any atom is 0.306 e. The van der Waals surface area contributed by atoms with Crippen molar-refractivity contribution in [3.63, 3.8) is 0 Å². The van der Waals surface area contributed by atoms with Crippen LogP contribution in [0.1, 0.15) is 252 Å². The van der Waals surface area contributed by atoms with E-state index in [-0.39, 0.29) is 31.1 Å². The first-order valence-corrected chi connectivity index (χ1v) is 27.1. The van der Waals surface area contributed by atoms with Crippen molar-refractivity contribution >= 4 is 17.9 Å². The lowest BCUT2D eigenvalue weighted by atomic mass is 10.1. The molecule has 0 aliphatic heterocycles. The van der Waals surface area contributed by atoms with E-state index in [9.17, 15) is 14.4 Å². The minimum atomic E-state index is -0.791. The van der Waals surface area contributed by atoms with Crippen molar-refractivity contribution < 1.29 is 28.6 Å². The van der Waals surface area contributed by atoms with Gasteiger partial charge in [0.1, 0.15) is 13.2 Å². The van der Waals surface area contributed by atoms with E-state index in [0.29, 0.717) is 19.3 Å². The maximum absolute atomic E-state index is 12.8. The summed E-state index contributed by atoms with van der Waals surface area (Å²) in [5, 5.41) is 0. The molecular weight excluding hydrogens is 805 g/mol. The number of esters is 3. The van der Waals surface area contributed by atoms with Gasteiger partial charge in [0.25, 0.3) is 0 Å². The number of hydrogen-bond acceptors (Lipinski definition) is 6. The minimum Gasteiger partial charge on any atom is -0.462 e. The Balaban J connectivity index is 4.40. The number of carbonyl (C=O) groups is 3. The number of rotatable bonds is 48. The third kappa shape index (κ3) is 51.4. The van der Waals surface area contributed by atoms with E-state index in [1.165, 1.54) is 109 Å². The highest BCUT2D eigenvalue weighted by molar-refractivity contribution is 5.71. The molecular formula is C59H100O6. The molecule has 0 aliphatic carbocycles. The molecule has 0 spiro atoms. The standard InChI is InChI=1S/C59H100O6/c1-4-7-10-13-16-19-22-25-27-28-29-30-32-34-37-40-43-46-49-52-58(61)64-55-56(54-63-57(60)51-48-45-42-39-36-33-24-21-18-15-12-9-6-3)65-59(62)53-50-47-44-41-38-35-31-26-23-20-17-14-11-8-5-2/h7-8,10-11,14,16-17,19-20,23,25,27,33,36,56H,4-6,9,12-13,15,18,21-22,24,26,28-32,34-35,37-55H2,1-3H3/b10-7-,11-8-,17-14-,19-16-,23-20-,27-25-,36-33-. The quantitative estimate of drug-likeness (QED) is 0.0199. The SMILES string of the molecule is CC\C=C/C=C\C=C/CCCCCCCCCC(=O)OC(COC(=O)CCCCC/C=C\CCCCCCCC)COC(=O)CCCCCCCCCCC/C=C\C/C=C\C/C=C\CC. The molecule has 0 aromatic carbocycles. The molecule has 0 saturated carbocycles. The van der Waals surface area contributed by atoms with Crippen LogP contribution >= 0.6 is 0 Å². The predicted octanol–water partition coefficient (Wildman–Crippen LogP) is 18.0. The van der Waals surface area contributed by atoms with E-state index in [2.05, 4.69) is 106 Å². The number of ether oxygens (including phenoxy) is 3. The summed E-state index contributed by atoms with van der Waals surface area (Å²) in [5.41, 5.74) is 0. The molecule has 65 heavy (non-hydrogen) atoms. The van der Waals surface area contributed by atoms with Crippen LogP contribution < -0.4 is 0 Å². The fraction of sp³-hybridized carbons (Fsp3) is 0.712. The summed E-state index contributed by atoms with van der Waals surface area (Å²) in [6.45, 7) is 6.37. The lowest BCUT2D eigenvalue weighted by molar-refractivity contribution is -0.167. The molecule has 1 atom stereocenters. The number of allylic oxidation sites excluding steroid dienone is 14. The Hall–Kier alpha value is -3.41. The normalized spacial score (nSPS) is 12.7. The van der Waals surface area contributed by atoms with Crippen molar-refractivity contribution in [1.29, 1.82) is 0 Å². The van der Waals surface area contributed by atoms with Crippen LogP contribution in [0.3, 0.4) is 0 Å². The first-order valence-electron chi connectivity index (χ1n) is 27.1. The van der Waals surface area contributed by atoms with Crippen LogP contribution in [0.5, 0.6) is 0 Å². The average molecular weight is 905 g/mol. The van der Waals surface area contributed by atoms with Gasteiger partial charge in [-0.1, -0.05) is 221 Å². The Morgan fingerprint density at radius 3 is 1.14 bits per heavy atom. The lowest BCUT2D eigenvalue weighted by Crippen LogP contribution is -2.30. The third-order valence-corrected chi connectivity index (χ3v) is 11.4. The van der Waals surface area contributed by atoms with Gasteiger partial charge in [-0.3, -0.25) is 14.4 Å². The molecule has 0 fully saturated rings. The molecule has 0 amide bonds. The Morgan fingerprint density at radius 1 is 0.338 bits per heavy atom. The third-order valence-electron chi connectivity index (χ3n) is 11.4. The second kappa shape index (κ2) is 53.2. The molecule has 0 saturated heterocycles. The summed E-state index contributed by atoms with van der Waals surface area (Å²) in [4.78, 5) is 38.1. The molecule has 0 aromatic heterocycles. The van der Waals surface area contributed by atoms with Gasteiger partial charge in [0.2, 0.25) is 0 Å². The van der Waals surface area contributed by atoms with E-state index < -0.39 is 6.10 Å². The van der Waals surface area contributed by atoms with Gasteiger partial charge < -0.3 is 14.2 Å². The molecule has 6 nitrogen and oxygen atoms in total. The topological polar surface area (TPSA) is 78.9 Å². The van der Waals surface area contributed by atoms with Crippen LogP contribution in [0.25, 0.3) is 0 Å². The highest BCUT2D eigenvalue weighted by Gasteiger charge is 2.19. The molecule has 6 heteroatoms. The van der Waals surface area contributed by atoms with Gasteiger partial charge in [-0.15, -0.1) is 0 Å².